The number of hydrogen-bond acceptors (Lipinski definition) is 6. The van der Waals surface area contributed by atoms with Crippen molar-refractivity contribution in [2.75, 3.05) is 4.90 Å². The van der Waals surface area contributed by atoms with Gasteiger partial charge >= 0.3 is 0 Å². The van der Waals surface area contributed by atoms with E-state index in [-0.39, 0.29) is 22.2 Å². The predicted molar refractivity (Wildman–Crippen MR) is 160 cm³/mol. The molecule has 2 aliphatic rings. The molecule has 2 aliphatic heterocycles. The average Bonchev–Trinajstić information content (AvgIpc) is 3.40. The second-order valence-electron chi connectivity index (χ2n) is 13.0. The number of benzene rings is 3. The molecule has 0 N–H and O–H groups in total. The number of aromatic nitrogens is 2. The minimum Gasteiger partial charge on any atom is -0.454 e. The summed E-state index contributed by atoms with van der Waals surface area (Å²) in [5, 5.41) is 2.14. The summed E-state index contributed by atoms with van der Waals surface area (Å²) in [5.41, 5.74) is 4.04. The highest BCUT2D eigenvalue weighted by Gasteiger charge is 2.66. The van der Waals surface area contributed by atoms with Gasteiger partial charge in [-0.3, -0.25) is 4.90 Å². The van der Waals surface area contributed by atoms with E-state index in [4.69, 9.17) is 19.4 Å². The molecule has 1 fully saturated rings. The molecule has 0 bridgehead atoms. The van der Waals surface area contributed by atoms with E-state index in [1.54, 1.807) is 0 Å². The molecular weight excluding hydrogens is 482 g/mol. The SMILES string of the molecule is CC1(C)N=C2N(c3nc4ccc5c6ccccc6oc5c4nc3-c3ccccc3)C(C)(C)C(C)(C)N2C1(C)C. The van der Waals surface area contributed by atoms with Crippen LogP contribution in [0.5, 0.6) is 0 Å². The maximum Gasteiger partial charge on any atom is 0.204 e. The topological polar surface area (TPSA) is 57.8 Å². The zero-order chi connectivity index (χ0) is 27.5. The second kappa shape index (κ2) is 7.38. The standard InChI is InChI=1S/C33H35N5O/c1-30(2)31(3,4)38-29(36-30)37(32(5,6)33(38,7)8)28-25(20-14-10-9-11-15-20)35-26-23(34-28)19-18-22-21-16-12-13-17-24(21)39-27(22)26/h9-19H,1-8H3. The van der Waals surface area contributed by atoms with Crippen LogP contribution in [-0.2, 0) is 0 Å². The van der Waals surface area contributed by atoms with Gasteiger partial charge in [-0.25, -0.2) is 15.0 Å². The number of aliphatic imine (C=N–C) groups is 1. The van der Waals surface area contributed by atoms with Gasteiger partial charge < -0.3 is 9.32 Å². The molecule has 3 aromatic carbocycles. The van der Waals surface area contributed by atoms with Crippen LogP contribution in [0.15, 0.2) is 76.1 Å². The molecule has 0 saturated carbocycles. The Morgan fingerprint density at radius 1 is 0.667 bits per heavy atom. The summed E-state index contributed by atoms with van der Waals surface area (Å²) in [4.78, 5) is 20.9. The Kier molecular flexibility index (Phi) is 4.56. The van der Waals surface area contributed by atoms with Crippen molar-refractivity contribution in [2.45, 2.75) is 77.5 Å². The van der Waals surface area contributed by atoms with Crippen molar-refractivity contribution in [3.05, 3.63) is 66.7 Å². The zero-order valence-electron chi connectivity index (χ0n) is 24.0. The Morgan fingerprint density at radius 2 is 1.36 bits per heavy atom. The molecule has 1 saturated heterocycles. The number of rotatable bonds is 2. The van der Waals surface area contributed by atoms with Crippen molar-refractivity contribution in [1.29, 1.82) is 0 Å². The maximum absolute atomic E-state index is 6.37. The maximum atomic E-state index is 6.37. The molecule has 7 rings (SSSR count). The highest BCUT2D eigenvalue weighted by atomic mass is 16.3. The molecule has 6 heteroatoms. The molecule has 0 spiro atoms. The van der Waals surface area contributed by atoms with Crippen molar-refractivity contribution in [3.8, 4) is 11.3 Å². The number of furan rings is 1. The molecular formula is C33H35N5O. The molecule has 198 valence electrons. The van der Waals surface area contributed by atoms with Crippen LogP contribution in [0, 0.1) is 0 Å². The summed E-state index contributed by atoms with van der Waals surface area (Å²) in [7, 11) is 0. The van der Waals surface area contributed by atoms with Gasteiger partial charge in [0, 0.05) is 16.3 Å². The van der Waals surface area contributed by atoms with Gasteiger partial charge in [0.05, 0.1) is 27.7 Å². The van der Waals surface area contributed by atoms with Gasteiger partial charge in [0.1, 0.15) is 16.8 Å². The van der Waals surface area contributed by atoms with E-state index in [2.05, 4.69) is 108 Å². The van der Waals surface area contributed by atoms with Crippen molar-refractivity contribution in [2.24, 2.45) is 4.99 Å². The highest BCUT2D eigenvalue weighted by molar-refractivity contribution is 6.14. The van der Waals surface area contributed by atoms with E-state index in [0.717, 1.165) is 56.0 Å². The Balaban J connectivity index is 1.56. The lowest BCUT2D eigenvalue weighted by Crippen LogP contribution is -2.63. The normalized spacial score (nSPS) is 20.7. The predicted octanol–water partition coefficient (Wildman–Crippen LogP) is 7.80. The summed E-state index contributed by atoms with van der Waals surface area (Å²) >= 11 is 0. The van der Waals surface area contributed by atoms with Gasteiger partial charge in [-0.05, 0) is 73.6 Å². The van der Waals surface area contributed by atoms with Crippen molar-refractivity contribution < 1.29 is 4.42 Å². The molecule has 0 unspecified atom stereocenters. The van der Waals surface area contributed by atoms with Crippen LogP contribution in [-0.4, -0.2) is 43.0 Å². The molecule has 6 nitrogen and oxygen atoms in total. The minimum absolute atomic E-state index is 0.185. The fourth-order valence-electron chi connectivity index (χ4n) is 6.45. The Labute approximate surface area is 229 Å². The van der Waals surface area contributed by atoms with Gasteiger partial charge in [-0.15, -0.1) is 0 Å². The van der Waals surface area contributed by atoms with Crippen molar-refractivity contribution in [1.82, 2.24) is 14.9 Å². The van der Waals surface area contributed by atoms with Gasteiger partial charge in [0.15, 0.2) is 11.4 Å². The van der Waals surface area contributed by atoms with E-state index in [9.17, 15) is 0 Å². The fraction of sp³-hybridized carbons (Fsp3) is 0.364. The number of hydrogen-bond donors (Lipinski definition) is 0. The van der Waals surface area contributed by atoms with Gasteiger partial charge in [0.25, 0.3) is 0 Å². The molecule has 0 radical (unpaired) electrons. The fourth-order valence-corrected chi connectivity index (χ4v) is 6.45. The number of guanidine groups is 1. The minimum atomic E-state index is -0.324. The molecule has 39 heavy (non-hydrogen) atoms. The van der Waals surface area contributed by atoms with Gasteiger partial charge in [-0.2, -0.15) is 0 Å². The van der Waals surface area contributed by atoms with Crippen LogP contribution in [0.1, 0.15) is 55.4 Å². The van der Waals surface area contributed by atoms with E-state index >= 15 is 0 Å². The first-order valence-electron chi connectivity index (χ1n) is 13.7. The second-order valence-corrected chi connectivity index (χ2v) is 13.0. The lowest BCUT2D eigenvalue weighted by molar-refractivity contribution is 0.0528. The van der Waals surface area contributed by atoms with E-state index < -0.39 is 0 Å². The number of anilines is 1. The van der Waals surface area contributed by atoms with E-state index in [1.807, 2.05) is 24.3 Å². The van der Waals surface area contributed by atoms with Crippen LogP contribution in [0.3, 0.4) is 0 Å². The van der Waals surface area contributed by atoms with Crippen LogP contribution in [0.2, 0.25) is 0 Å². The van der Waals surface area contributed by atoms with Crippen LogP contribution < -0.4 is 4.90 Å². The lowest BCUT2D eigenvalue weighted by Gasteiger charge is -2.50. The summed E-state index contributed by atoms with van der Waals surface area (Å²) in [6.45, 7) is 18.3. The first-order valence-corrected chi connectivity index (χ1v) is 13.7. The first-order chi connectivity index (χ1) is 18.4. The van der Waals surface area contributed by atoms with Crippen LogP contribution >= 0.6 is 0 Å². The van der Waals surface area contributed by atoms with Crippen LogP contribution in [0.25, 0.3) is 44.2 Å². The van der Waals surface area contributed by atoms with E-state index in [1.165, 1.54) is 0 Å². The first kappa shape index (κ1) is 24.1. The van der Waals surface area contributed by atoms with Gasteiger partial charge in [-0.1, -0.05) is 48.5 Å². The molecule has 0 aliphatic carbocycles. The monoisotopic (exact) mass is 517 g/mol. The summed E-state index contributed by atoms with van der Waals surface area (Å²) < 4.78 is 6.37. The number of fused-ring (bicyclic) bond motifs is 6. The molecule has 0 amide bonds. The summed E-state index contributed by atoms with van der Waals surface area (Å²) in [6, 6.07) is 22.7. The van der Waals surface area contributed by atoms with Gasteiger partial charge in [0.2, 0.25) is 5.96 Å². The third-order valence-corrected chi connectivity index (χ3v) is 9.87. The largest absolute Gasteiger partial charge is 0.454 e. The highest BCUT2D eigenvalue weighted by Crippen LogP contribution is 2.54. The zero-order valence-corrected chi connectivity index (χ0v) is 24.0. The average molecular weight is 518 g/mol. The Bertz CT molecular complexity index is 1830. The lowest BCUT2D eigenvalue weighted by atomic mass is 9.76. The van der Waals surface area contributed by atoms with Crippen LogP contribution in [0.4, 0.5) is 5.82 Å². The number of para-hydroxylation sites is 1. The summed E-state index contributed by atoms with van der Waals surface area (Å²) in [6.07, 6.45) is 0. The Hall–Kier alpha value is -3.93. The smallest absolute Gasteiger partial charge is 0.204 e. The molecule has 4 heterocycles. The molecule has 5 aromatic rings. The Morgan fingerprint density at radius 3 is 2.10 bits per heavy atom. The molecule has 0 atom stereocenters. The van der Waals surface area contributed by atoms with E-state index in [0.29, 0.717) is 0 Å². The third-order valence-electron chi connectivity index (χ3n) is 9.87. The quantitative estimate of drug-likeness (QED) is 0.239. The van der Waals surface area contributed by atoms with Crippen molar-refractivity contribution >= 4 is 44.7 Å². The molecule has 2 aromatic heterocycles. The third kappa shape index (κ3) is 2.95. The van der Waals surface area contributed by atoms with Crippen molar-refractivity contribution in [3.63, 3.8) is 0 Å². The summed E-state index contributed by atoms with van der Waals surface area (Å²) in [5.74, 6) is 1.77. The number of nitrogens with zero attached hydrogens (tertiary/aromatic N) is 5.